The molecule has 6 heteroatoms. The molecule has 0 aliphatic carbocycles. The maximum absolute atomic E-state index is 12.2. The van der Waals surface area contributed by atoms with Crippen molar-refractivity contribution in [3.05, 3.63) is 16.6 Å². The lowest BCUT2D eigenvalue weighted by molar-refractivity contribution is -0.141. The van der Waals surface area contributed by atoms with Crippen molar-refractivity contribution in [2.45, 2.75) is 6.18 Å². The Bertz CT molecular complexity index is 383. The molecule has 2 nitrogen and oxygen atoms in total. The number of aromatic nitrogens is 2. The largest absolute Gasteiger partial charge is 0.434 e. The van der Waals surface area contributed by atoms with Crippen molar-refractivity contribution in [3.63, 3.8) is 0 Å². The van der Waals surface area contributed by atoms with E-state index in [1.165, 1.54) is 0 Å². The van der Waals surface area contributed by atoms with Crippen LogP contribution >= 0.6 is 15.9 Å². The third kappa shape index (κ3) is 1.74. The van der Waals surface area contributed by atoms with Crippen LogP contribution in [-0.2, 0) is 13.2 Å². The minimum absolute atomic E-state index is 0.190. The highest BCUT2D eigenvalue weighted by Crippen LogP contribution is 2.28. The molecule has 0 spiro atoms. The summed E-state index contributed by atoms with van der Waals surface area (Å²) in [6, 6.07) is 0. The number of rotatable bonds is 0. The second-order valence-corrected chi connectivity index (χ2v) is 2.38. The second-order valence-electron chi connectivity index (χ2n) is 1.67. The van der Waals surface area contributed by atoms with Gasteiger partial charge in [-0.15, -0.1) is 0 Å². The molecule has 11 heavy (non-hydrogen) atoms. The summed E-state index contributed by atoms with van der Waals surface area (Å²) < 4.78 is 64.1. The van der Waals surface area contributed by atoms with Gasteiger partial charge in [-0.25, -0.2) is 4.98 Å². The number of nitrogens with zero attached hydrogens (tertiary/aromatic N) is 2. The molecule has 1 heterocycles. The number of imidazole rings is 1. The Labute approximate surface area is 74.8 Å². The van der Waals surface area contributed by atoms with Gasteiger partial charge in [-0.05, 0) is 15.9 Å². The lowest BCUT2D eigenvalue weighted by atomic mass is 10.5. The van der Waals surface area contributed by atoms with Crippen LogP contribution in [0.5, 0.6) is 0 Å². The predicted octanol–water partition coefficient (Wildman–Crippen LogP) is 2.20. The second kappa shape index (κ2) is 2.51. The summed E-state index contributed by atoms with van der Waals surface area (Å²) >= 11 is 2.57. The molecule has 0 aromatic carbocycles. The minimum Gasteiger partial charge on any atom is -0.328 e. The molecular formula is C5H4BrF3N2. The van der Waals surface area contributed by atoms with Gasteiger partial charge in [0.05, 0.1) is 1.37 Å². The molecule has 1 aromatic heterocycles. The number of hydrogen-bond donors (Lipinski definition) is 0. The summed E-state index contributed by atoms with van der Waals surface area (Å²) in [5.74, 6) is 0. The molecule has 0 amide bonds. The maximum Gasteiger partial charge on any atom is 0.434 e. The summed E-state index contributed by atoms with van der Waals surface area (Å²) in [5.41, 5.74) is -1.52. The van der Waals surface area contributed by atoms with Gasteiger partial charge in [-0.1, -0.05) is 0 Å². The Balaban J connectivity index is 3.41. The predicted molar refractivity (Wildman–Crippen MR) is 35.9 cm³/mol. The summed E-state index contributed by atoms with van der Waals surface area (Å²) in [4.78, 5) is 2.96. The van der Waals surface area contributed by atoms with Crippen LogP contribution < -0.4 is 0 Å². The number of halogens is 4. The Morgan fingerprint density at radius 3 is 2.73 bits per heavy atom. The lowest BCUT2D eigenvalue weighted by Crippen LogP contribution is -2.04. The highest BCUT2D eigenvalue weighted by atomic mass is 79.9. The molecule has 0 saturated carbocycles. The average Bonchev–Trinajstić information content (AvgIpc) is 2.22. The van der Waals surface area contributed by atoms with E-state index in [0.717, 1.165) is 0 Å². The fourth-order valence-corrected chi connectivity index (χ4v) is 0.712. The average molecular weight is 233 g/mol. The standard InChI is InChI=1S/C5H4BrF3N2/c1-11-2-3(5(7,8)9)10-4(11)6/h2H,1H3/i1D3,2D. The molecule has 0 aliphatic heterocycles. The van der Waals surface area contributed by atoms with Crippen molar-refractivity contribution in [1.29, 1.82) is 0 Å². The number of alkyl halides is 3. The van der Waals surface area contributed by atoms with Crippen LogP contribution in [0.25, 0.3) is 0 Å². The van der Waals surface area contributed by atoms with Gasteiger partial charge >= 0.3 is 6.18 Å². The molecule has 0 unspecified atom stereocenters. The fraction of sp³-hybridized carbons (Fsp3) is 0.400. The third-order valence-corrected chi connectivity index (χ3v) is 1.41. The normalized spacial score (nSPS) is 18.5. The van der Waals surface area contributed by atoms with Crippen LogP contribution in [0.15, 0.2) is 10.9 Å². The molecule has 1 rings (SSSR count). The molecule has 0 N–H and O–H groups in total. The van der Waals surface area contributed by atoms with E-state index in [2.05, 4.69) is 20.9 Å². The quantitative estimate of drug-likeness (QED) is 0.671. The highest BCUT2D eigenvalue weighted by molar-refractivity contribution is 9.10. The van der Waals surface area contributed by atoms with Crippen molar-refractivity contribution >= 4 is 15.9 Å². The van der Waals surface area contributed by atoms with E-state index in [0.29, 0.717) is 0 Å². The zero-order chi connectivity index (χ0) is 12.0. The van der Waals surface area contributed by atoms with Gasteiger partial charge < -0.3 is 4.57 Å². The topological polar surface area (TPSA) is 17.8 Å². The van der Waals surface area contributed by atoms with Crippen LogP contribution in [0.2, 0.25) is 0 Å². The van der Waals surface area contributed by atoms with Crippen molar-refractivity contribution in [2.75, 3.05) is 0 Å². The Kier molecular flexibility index (Phi) is 1.03. The van der Waals surface area contributed by atoms with Gasteiger partial charge in [-0.2, -0.15) is 13.2 Å². The first-order valence-corrected chi connectivity index (χ1v) is 3.17. The highest BCUT2D eigenvalue weighted by Gasteiger charge is 2.34. The van der Waals surface area contributed by atoms with Crippen LogP contribution in [0, 0.1) is 0 Å². The van der Waals surface area contributed by atoms with E-state index in [1.54, 1.807) is 0 Å². The van der Waals surface area contributed by atoms with E-state index in [4.69, 9.17) is 5.48 Å². The monoisotopic (exact) mass is 232 g/mol. The van der Waals surface area contributed by atoms with Gasteiger partial charge in [0.2, 0.25) is 0 Å². The summed E-state index contributed by atoms with van der Waals surface area (Å²) in [7, 11) is 0. The van der Waals surface area contributed by atoms with Crippen LogP contribution in [0.1, 0.15) is 11.2 Å². The van der Waals surface area contributed by atoms with E-state index >= 15 is 0 Å². The van der Waals surface area contributed by atoms with Gasteiger partial charge in [0.15, 0.2) is 10.4 Å². The van der Waals surface area contributed by atoms with Gasteiger partial charge in [-0.3, -0.25) is 0 Å². The lowest BCUT2D eigenvalue weighted by Gasteiger charge is -1.98. The molecule has 1 aromatic rings. The summed E-state index contributed by atoms with van der Waals surface area (Å²) in [5, 5.41) is 0. The third-order valence-electron chi connectivity index (χ3n) is 0.875. The molecule has 62 valence electrons. The van der Waals surface area contributed by atoms with Gasteiger partial charge in [0.25, 0.3) is 0 Å². The number of hydrogen-bond acceptors (Lipinski definition) is 1. The summed E-state index contributed by atoms with van der Waals surface area (Å²) in [6.45, 7) is -2.87. The van der Waals surface area contributed by atoms with E-state index in [9.17, 15) is 13.2 Å². The fourth-order valence-electron chi connectivity index (χ4n) is 0.446. The van der Waals surface area contributed by atoms with Crippen molar-refractivity contribution in [1.82, 2.24) is 9.55 Å². The first kappa shape index (κ1) is 4.49. The van der Waals surface area contributed by atoms with E-state index in [-0.39, 0.29) is 4.57 Å². The molecular weight excluding hydrogens is 225 g/mol. The molecule has 0 saturated heterocycles. The molecule has 0 fully saturated rings. The molecule has 0 radical (unpaired) electrons. The minimum atomic E-state index is -4.84. The first-order chi connectivity index (χ1) is 6.55. The van der Waals surface area contributed by atoms with Crippen molar-refractivity contribution < 1.29 is 18.7 Å². The van der Waals surface area contributed by atoms with Crippen molar-refractivity contribution in [2.24, 2.45) is 6.98 Å². The summed E-state index contributed by atoms with van der Waals surface area (Å²) in [6.07, 6.45) is -6.02. The van der Waals surface area contributed by atoms with Crippen molar-refractivity contribution in [3.8, 4) is 0 Å². The molecule has 0 atom stereocenters. The van der Waals surface area contributed by atoms with Crippen LogP contribution in [0.3, 0.4) is 0 Å². The smallest absolute Gasteiger partial charge is 0.328 e. The molecule has 0 bridgehead atoms. The van der Waals surface area contributed by atoms with Crippen LogP contribution in [-0.4, -0.2) is 9.55 Å². The van der Waals surface area contributed by atoms with Gasteiger partial charge in [0, 0.05) is 17.3 Å². The first-order valence-electron chi connectivity index (χ1n) is 4.37. The van der Waals surface area contributed by atoms with E-state index in [1.807, 2.05) is 0 Å². The zero-order valence-electron chi connectivity index (χ0n) is 8.91. The maximum atomic E-state index is 12.2. The Morgan fingerprint density at radius 2 is 2.45 bits per heavy atom. The van der Waals surface area contributed by atoms with Crippen LogP contribution in [0.4, 0.5) is 13.2 Å². The Morgan fingerprint density at radius 1 is 1.82 bits per heavy atom. The van der Waals surface area contributed by atoms with E-state index < -0.39 is 29.8 Å². The SMILES string of the molecule is [2H]c1c(C(F)(F)F)nc(Br)n1C([2H])([2H])[2H]. The van der Waals surface area contributed by atoms with Gasteiger partial charge in [0.1, 0.15) is 0 Å². The molecule has 0 aliphatic rings. The Hall–Kier alpha value is -0.520. The zero-order valence-corrected chi connectivity index (χ0v) is 6.49.